The van der Waals surface area contributed by atoms with E-state index in [1.165, 1.54) is 11.8 Å². The van der Waals surface area contributed by atoms with E-state index in [0.717, 1.165) is 0 Å². The summed E-state index contributed by atoms with van der Waals surface area (Å²) in [6, 6.07) is -0.257. The molecule has 4 atom stereocenters. The van der Waals surface area contributed by atoms with E-state index in [0.29, 0.717) is 12.4 Å². The van der Waals surface area contributed by atoms with Crippen LogP contribution in [-0.2, 0) is 18.8 Å². The van der Waals surface area contributed by atoms with Crippen molar-refractivity contribution in [2.75, 3.05) is 12.4 Å². The number of nitrogens with one attached hydrogen (secondary N) is 1. The zero-order valence-corrected chi connectivity index (χ0v) is 16.1. The highest BCUT2D eigenvalue weighted by Gasteiger charge is 2.52. The molecular formula is C15H27NO4SSi. The first-order valence-electron chi connectivity index (χ1n) is 7.81. The average Bonchev–Trinajstić information content (AvgIpc) is 2.34. The highest BCUT2D eigenvalue weighted by atomic mass is 32.2. The minimum absolute atomic E-state index is 0.0146. The molecule has 7 heteroatoms. The average molecular weight is 346 g/mol. The molecule has 22 heavy (non-hydrogen) atoms. The van der Waals surface area contributed by atoms with Crippen LogP contribution in [0.2, 0.25) is 18.1 Å². The molecule has 2 aliphatic heterocycles. The Morgan fingerprint density at radius 3 is 2.50 bits per heavy atom. The van der Waals surface area contributed by atoms with Crippen molar-refractivity contribution < 1.29 is 18.8 Å². The molecule has 2 rings (SSSR count). The molecule has 0 aliphatic carbocycles. The SMILES string of the molecule is C[C@@H](O[Si](C)(C)C(C)(C)C)[C@H]1C(=O)N[C@@H]1C1OCCSC1=O. The van der Waals surface area contributed by atoms with E-state index in [9.17, 15) is 9.59 Å². The molecule has 1 unspecified atom stereocenters. The van der Waals surface area contributed by atoms with Gasteiger partial charge in [0.2, 0.25) is 11.0 Å². The van der Waals surface area contributed by atoms with Crippen molar-refractivity contribution in [3.8, 4) is 0 Å². The van der Waals surface area contributed by atoms with Crippen LogP contribution in [0.15, 0.2) is 0 Å². The Balaban J connectivity index is 2.06. The maximum absolute atomic E-state index is 12.0. The largest absolute Gasteiger partial charge is 0.413 e. The summed E-state index contributed by atoms with van der Waals surface area (Å²) >= 11 is 1.29. The van der Waals surface area contributed by atoms with Crippen LogP contribution in [0.3, 0.4) is 0 Å². The molecule has 126 valence electrons. The minimum atomic E-state index is -1.95. The van der Waals surface area contributed by atoms with E-state index >= 15 is 0 Å². The lowest BCUT2D eigenvalue weighted by Crippen LogP contribution is -2.69. The summed E-state index contributed by atoms with van der Waals surface area (Å²) in [5.74, 6) is 0.349. The van der Waals surface area contributed by atoms with Crippen molar-refractivity contribution >= 4 is 31.1 Å². The molecule has 1 amide bonds. The van der Waals surface area contributed by atoms with Crippen LogP contribution in [0.4, 0.5) is 0 Å². The number of β-lactam (4-membered cyclic amide) rings is 1. The van der Waals surface area contributed by atoms with Gasteiger partial charge in [-0.2, -0.15) is 0 Å². The van der Waals surface area contributed by atoms with Crippen molar-refractivity contribution in [2.45, 2.75) is 64.1 Å². The topological polar surface area (TPSA) is 64.6 Å². The molecule has 0 bridgehead atoms. The molecule has 0 aromatic heterocycles. The summed E-state index contributed by atoms with van der Waals surface area (Å²) in [6.45, 7) is 13.4. The Kier molecular flexibility index (Phi) is 5.11. The van der Waals surface area contributed by atoms with E-state index in [2.05, 4.69) is 39.2 Å². The zero-order chi connectivity index (χ0) is 16.7. The lowest BCUT2D eigenvalue weighted by molar-refractivity contribution is -0.150. The monoisotopic (exact) mass is 345 g/mol. The molecule has 2 heterocycles. The highest BCUT2D eigenvalue weighted by Crippen LogP contribution is 2.39. The molecule has 0 aromatic carbocycles. The summed E-state index contributed by atoms with van der Waals surface area (Å²) in [4.78, 5) is 24.0. The molecule has 0 spiro atoms. The van der Waals surface area contributed by atoms with Gasteiger partial charge in [-0.25, -0.2) is 0 Å². The van der Waals surface area contributed by atoms with Crippen molar-refractivity contribution in [3.05, 3.63) is 0 Å². The van der Waals surface area contributed by atoms with Crippen molar-refractivity contribution in [1.82, 2.24) is 5.32 Å². The third-order valence-corrected chi connectivity index (χ3v) is 10.4. The Morgan fingerprint density at radius 1 is 1.36 bits per heavy atom. The van der Waals surface area contributed by atoms with Gasteiger partial charge in [-0.1, -0.05) is 32.5 Å². The van der Waals surface area contributed by atoms with Gasteiger partial charge in [0.05, 0.1) is 24.7 Å². The van der Waals surface area contributed by atoms with Crippen LogP contribution < -0.4 is 5.32 Å². The normalized spacial score (nSPS) is 31.5. The summed E-state index contributed by atoms with van der Waals surface area (Å²) in [6.07, 6.45) is -0.741. The van der Waals surface area contributed by atoms with Gasteiger partial charge < -0.3 is 14.5 Å². The maximum Gasteiger partial charge on any atom is 0.228 e. The first kappa shape index (κ1) is 18.0. The first-order chi connectivity index (χ1) is 10.0. The number of carbonyl (C=O) groups is 2. The van der Waals surface area contributed by atoms with Gasteiger partial charge in [0.25, 0.3) is 0 Å². The number of ether oxygens (including phenoxy) is 1. The molecule has 2 fully saturated rings. The predicted octanol–water partition coefficient (Wildman–Crippen LogP) is 2.17. The van der Waals surface area contributed by atoms with Crippen molar-refractivity contribution in [1.29, 1.82) is 0 Å². The molecular weight excluding hydrogens is 318 g/mol. The lowest BCUT2D eigenvalue weighted by atomic mass is 9.83. The Labute approximate surface area is 138 Å². The van der Waals surface area contributed by atoms with E-state index in [1.807, 2.05) is 6.92 Å². The second-order valence-corrected chi connectivity index (χ2v) is 13.5. The molecule has 0 radical (unpaired) electrons. The fourth-order valence-corrected chi connectivity index (χ4v) is 4.81. The van der Waals surface area contributed by atoms with Gasteiger partial charge in [-0.15, -0.1) is 0 Å². The minimum Gasteiger partial charge on any atom is -0.413 e. The van der Waals surface area contributed by atoms with Crippen LogP contribution in [0.1, 0.15) is 27.7 Å². The number of hydrogen-bond acceptors (Lipinski definition) is 5. The predicted molar refractivity (Wildman–Crippen MR) is 90.4 cm³/mol. The lowest BCUT2D eigenvalue weighted by Gasteiger charge is -2.47. The molecule has 0 aromatic rings. The van der Waals surface area contributed by atoms with Crippen molar-refractivity contribution in [3.63, 3.8) is 0 Å². The molecule has 2 saturated heterocycles. The van der Waals surface area contributed by atoms with Crippen LogP contribution in [0.25, 0.3) is 0 Å². The Hall–Kier alpha value is -0.373. The van der Waals surface area contributed by atoms with Crippen LogP contribution in [0, 0.1) is 5.92 Å². The summed E-state index contributed by atoms with van der Waals surface area (Å²) in [7, 11) is -1.95. The fourth-order valence-electron chi connectivity index (χ4n) is 2.62. The van der Waals surface area contributed by atoms with Gasteiger partial charge in [0, 0.05) is 5.75 Å². The van der Waals surface area contributed by atoms with Crippen molar-refractivity contribution in [2.24, 2.45) is 5.92 Å². The quantitative estimate of drug-likeness (QED) is 0.625. The molecule has 1 N–H and O–H groups in total. The van der Waals surface area contributed by atoms with E-state index < -0.39 is 14.4 Å². The van der Waals surface area contributed by atoms with Gasteiger partial charge >= 0.3 is 0 Å². The third-order valence-electron chi connectivity index (χ3n) is 4.97. The number of amides is 1. The standard InChI is InChI=1S/C15H27NO4SSi/c1-9(20-22(5,6)15(2,3)4)10-11(16-13(10)17)12-14(18)21-8-7-19-12/h9-12H,7-8H2,1-6H3,(H,16,17)/t9-,10-,11+,12?/m1/s1. The molecule has 0 saturated carbocycles. The van der Waals surface area contributed by atoms with Crippen LogP contribution >= 0.6 is 11.8 Å². The van der Waals surface area contributed by atoms with Gasteiger partial charge in [0.1, 0.15) is 6.10 Å². The first-order valence-corrected chi connectivity index (χ1v) is 11.7. The van der Waals surface area contributed by atoms with Gasteiger partial charge in [-0.05, 0) is 25.1 Å². The molecule has 5 nitrogen and oxygen atoms in total. The summed E-state index contributed by atoms with van der Waals surface area (Å²) in [5, 5.41) is 2.94. The number of hydrogen-bond donors (Lipinski definition) is 1. The fraction of sp³-hybridized carbons (Fsp3) is 0.867. The summed E-state index contributed by atoms with van der Waals surface area (Å²) in [5.41, 5.74) is 0. The Bertz CT molecular complexity index is 463. The van der Waals surface area contributed by atoms with Gasteiger partial charge in [0.15, 0.2) is 8.32 Å². The highest BCUT2D eigenvalue weighted by molar-refractivity contribution is 8.13. The van der Waals surface area contributed by atoms with Gasteiger partial charge in [-0.3, -0.25) is 9.59 Å². The van der Waals surface area contributed by atoms with E-state index in [4.69, 9.17) is 9.16 Å². The third kappa shape index (κ3) is 3.42. The number of thioether (sulfide) groups is 1. The number of carbonyl (C=O) groups excluding carboxylic acids is 2. The second kappa shape index (κ2) is 6.26. The Morgan fingerprint density at radius 2 is 2.00 bits per heavy atom. The second-order valence-electron chi connectivity index (χ2n) is 7.60. The summed E-state index contributed by atoms with van der Waals surface area (Å²) < 4.78 is 11.9. The van der Waals surface area contributed by atoms with E-state index in [-0.39, 0.29) is 34.1 Å². The molecule has 2 aliphatic rings. The van der Waals surface area contributed by atoms with E-state index in [1.54, 1.807) is 0 Å². The smallest absolute Gasteiger partial charge is 0.228 e. The van der Waals surface area contributed by atoms with Crippen LogP contribution in [-0.4, -0.2) is 49.9 Å². The van der Waals surface area contributed by atoms with Crippen LogP contribution in [0.5, 0.6) is 0 Å². The zero-order valence-electron chi connectivity index (χ0n) is 14.3. The number of rotatable bonds is 4. The maximum atomic E-state index is 12.0.